The minimum Gasteiger partial charge on any atom is -0.258 e. The summed E-state index contributed by atoms with van der Waals surface area (Å²) in [4.78, 5) is 9.30. The summed E-state index contributed by atoms with van der Waals surface area (Å²) in [6.07, 6.45) is 0. The van der Waals surface area contributed by atoms with Crippen molar-refractivity contribution in [3.63, 3.8) is 0 Å². The number of nitrogens with zero attached hydrogens (tertiary/aromatic N) is 1. The van der Waals surface area contributed by atoms with Crippen molar-refractivity contribution in [3.05, 3.63) is 21.7 Å². The first-order valence-corrected chi connectivity index (χ1v) is 3.13. The Bertz CT molecular complexity index is 113. The number of hydrogen-bond donors (Lipinski definition) is 0. The van der Waals surface area contributed by atoms with Crippen LogP contribution in [0.2, 0.25) is 0 Å². The third-order valence-electron chi connectivity index (χ3n) is 0.515. The van der Waals surface area contributed by atoms with E-state index >= 15 is 0 Å². The van der Waals surface area contributed by atoms with Gasteiger partial charge in [-0.3, -0.25) is 10.1 Å². The Kier molecular flexibility index (Phi) is 3.26. The summed E-state index contributed by atoms with van der Waals surface area (Å²) in [6, 6.07) is 0. The van der Waals surface area contributed by atoms with Gasteiger partial charge < -0.3 is 0 Å². The van der Waals surface area contributed by atoms with Crippen LogP contribution in [0.4, 0.5) is 0 Å². The normalized spacial score (nSPS) is 8.62. The van der Waals surface area contributed by atoms with Crippen LogP contribution in [-0.2, 0) is 0 Å². The third-order valence-corrected chi connectivity index (χ3v) is 1.29. The molecule has 0 saturated carbocycles. The molecule has 0 unspecified atom stereocenters. The molecule has 0 amide bonds. The molecule has 0 rings (SSSR count). The molecule has 0 aromatic heterocycles. The highest BCUT2D eigenvalue weighted by atomic mass is 32.2. The lowest BCUT2D eigenvalue weighted by atomic mass is 11.0. The van der Waals surface area contributed by atoms with Crippen LogP contribution < -0.4 is 0 Å². The van der Waals surface area contributed by atoms with E-state index < -0.39 is 4.92 Å². The summed E-state index contributed by atoms with van der Waals surface area (Å²) < 4.78 is 0. The van der Waals surface area contributed by atoms with E-state index in [0.29, 0.717) is 5.75 Å². The molecule has 0 aromatic rings. The Morgan fingerprint density at radius 2 is 2.50 bits per heavy atom. The topological polar surface area (TPSA) is 43.1 Å². The third kappa shape index (κ3) is 2.63. The van der Waals surface area contributed by atoms with Crippen LogP contribution in [0.5, 0.6) is 0 Å². The lowest BCUT2D eigenvalue weighted by Gasteiger charge is -1.88. The van der Waals surface area contributed by atoms with Crippen molar-refractivity contribution < 1.29 is 4.92 Å². The van der Waals surface area contributed by atoms with E-state index in [2.05, 4.69) is 6.58 Å². The monoisotopic (exact) mass is 133 g/mol. The largest absolute Gasteiger partial charge is 0.296 e. The van der Waals surface area contributed by atoms with E-state index in [0.717, 1.165) is 11.8 Å². The van der Waals surface area contributed by atoms with Gasteiger partial charge in [0.05, 0.1) is 4.92 Å². The maximum atomic E-state index is 9.77. The molecule has 0 atom stereocenters. The van der Waals surface area contributed by atoms with Crippen molar-refractivity contribution in [2.75, 3.05) is 5.75 Å². The molecule has 0 bridgehead atoms. The Labute approximate surface area is 51.9 Å². The van der Waals surface area contributed by atoms with Crippen LogP contribution in [0.25, 0.3) is 0 Å². The molecule has 0 saturated heterocycles. The zero-order chi connectivity index (χ0) is 6.57. The van der Waals surface area contributed by atoms with E-state index in [-0.39, 0.29) is 5.03 Å². The summed E-state index contributed by atoms with van der Waals surface area (Å²) in [5.74, 6) is 0.708. The fourth-order valence-corrected chi connectivity index (χ4v) is 0.658. The van der Waals surface area contributed by atoms with Crippen LogP contribution in [0.15, 0.2) is 11.6 Å². The molecule has 46 valence electrons. The standard InChI is InChI=1S/C4H7NO2S/c1-3-8-4(2)5(6)7/h2-3H2,1H3. The highest BCUT2D eigenvalue weighted by Gasteiger charge is 2.02. The van der Waals surface area contributed by atoms with Gasteiger partial charge in [0.15, 0.2) is 0 Å². The van der Waals surface area contributed by atoms with Crippen molar-refractivity contribution >= 4 is 11.8 Å². The van der Waals surface area contributed by atoms with Crippen LogP contribution in [0, 0.1) is 10.1 Å². The molecule has 0 aliphatic carbocycles. The van der Waals surface area contributed by atoms with Crippen molar-refractivity contribution in [1.82, 2.24) is 0 Å². The van der Waals surface area contributed by atoms with Crippen LogP contribution in [0.3, 0.4) is 0 Å². The lowest BCUT2D eigenvalue weighted by Crippen LogP contribution is -1.91. The fraction of sp³-hybridized carbons (Fsp3) is 0.500. The predicted molar refractivity (Wildman–Crippen MR) is 34.3 cm³/mol. The maximum Gasteiger partial charge on any atom is 0.296 e. The first kappa shape index (κ1) is 7.49. The van der Waals surface area contributed by atoms with E-state index in [1.165, 1.54) is 0 Å². The van der Waals surface area contributed by atoms with Crippen LogP contribution >= 0.6 is 11.8 Å². The summed E-state index contributed by atoms with van der Waals surface area (Å²) in [7, 11) is 0. The molecule has 0 aliphatic rings. The molecule has 8 heavy (non-hydrogen) atoms. The zero-order valence-electron chi connectivity index (χ0n) is 4.59. The van der Waals surface area contributed by atoms with Crippen LogP contribution in [0.1, 0.15) is 6.92 Å². The lowest BCUT2D eigenvalue weighted by molar-refractivity contribution is -0.409. The molecule has 4 heteroatoms. The minimum atomic E-state index is -0.478. The van der Waals surface area contributed by atoms with Gasteiger partial charge in [0.2, 0.25) is 0 Å². The van der Waals surface area contributed by atoms with Crippen molar-refractivity contribution in [1.29, 1.82) is 0 Å². The molecule has 0 aromatic carbocycles. The van der Waals surface area contributed by atoms with Gasteiger partial charge in [0, 0.05) is 5.75 Å². The SMILES string of the molecule is C=C(SCC)[N+](=O)[O-]. The molecule has 3 nitrogen and oxygen atoms in total. The fourth-order valence-electron chi connectivity index (χ4n) is 0.219. The van der Waals surface area contributed by atoms with E-state index in [1.807, 2.05) is 6.92 Å². The molecule has 0 aliphatic heterocycles. The van der Waals surface area contributed by atoms with Gasteiger partial charge in [0.25, 0.3) is 5.03 Å². The second-order valence-electron chi connectivity index (χ2n) is 1.08. The van der Waals surface area contributed by atoms with Gasteiger partial charge in [0.1, 0.15) is 0 Å². The summed E-state index contributed by atoms with van der Waals surface area (Å²) in [5, 5.41) is 9.80. The van der Waals surface area contributed by atoms with Gasteiger partial charge in [-0.15, -0.1) is 0 Å². The van der Waals surface area contributed by atoms with E-state index in [9.17, 15) is 10.1 Å². The quantitative estimate of drug-likeness (QED) is 0.432. The van der Waals surface area contributed by atoms with E-state index in [4.69, 9.17) is 0 Å². The van der Waals surface area contributed by atoms with Gasteiger partial charge in [-0.25, -0.2) is 0 Å². The first-order chi connectivity index (χ1) is 3.68. The smallest absolute Gasteiger partial charge is 0.258 e. The van der Waals surface area contributed by atoms with Crippen molar-refractivity contribution in [2.45, 2.75) is 6.92 Å². The molecule has 0 fully saturated rings. The van der Waals surface area contributed by atoms with E-state index in [1.54, 1.807) is 0 Å². The Balaban J connectivity index is 3.49. The highest BCUT2D eigenvalue weighted by Crippen LogP contribution is 2.11. The molecular weight excluding hydrogens is 126 g/mol. The predicted octanol–water partition coefficient (Wildman–Crippen LogP) is 1.49. The second kappa shape index (κ2) is 3.49. The Hall–Kier alpha value is -0.510. The number of nitro groups is 1. The van der Waals surface area contributed by atoms with Gasteiger partial charge >= 0.3 is 0 Å². The summed E-state index contributed by atoms with van der Waals surface area (Å²) in [6.45, 7) is 5.05. The summed E-state index contributed by atoms with van der Waals surface area (Å²) in [5.41, 5.74) is 0. The average molecular weight is 133 g/mol. The minimum absolute atomic E-state index is 0.0208. The number of hydrogen-bond acceptors (Lipinski definition) is 3. The molecule has 0 heterocycles. The Morgan fingerprint density at radius 3 is 2.62 bits per heavy atom. The van der Waals surface area contributed by atoms with Crippen LogP contribution in [-0.4, -0.2) is 10.7 Å². The second-order valence-corrected chi connectivity index (χ2v) is 2.42. The maximum absolute atomic E-state index is 9.77. The van der Waals surface area contributed by atoms with Gasteiger partial charge in [-0.05, 0) is 6.58 Å². The number of rotatable bonds is 3. The Morgan fingerprint density at radius 1 is 2.00 bits per heavy atom. The van der Waals surface area contributed by atoms with Gasteiger partial charge in [-0.1, -0.05) is 18.7 Å². The zero-order valence-corrected chi connectivity index (χ0v) is 5.40. The first-order valence-electron chi connectivity index (χ1n) is 2.14. The molecule has 0 N–H and O–H groups in total. The number of thioether (sulfide) groups is 1. The van der Waals surface area contributed by atoms with Gasteiger partial charge in [-0.2, -0.15) is 0 Å². The highest BCUT2D eigenvalue weighted by molar-refractivity contribution is 8.02. The van der Waals surface area contributed by atoms with Crippen molar-refractivity contribution in [2.24, 2.45) is 0 Å². The molecule has 0 spiro atoms. The average Bonchev–Trinajstić information content (AvgIpc) is 1.67. The molecule has 0 radical (unpaired) electrons. The molecular formula is C4H7NO2S. The summed E-state index contributed by atoms with van der Waals surface area (Å²) >= 11 is 1.15. The van der Waals surface area contributed by atoms with Crippen molar-refractivity contribution in [3.8, 4) is 0 Å².